The summed E-state index contributed by atoms with van der Waals surface area (Å²) >= 11 is 0. The molecule has 6 heterocycles. The first-order valence-electron chi connectivity index (χ1n) is 18.8. The maximum Gasteiger partial charge on any atom is 0.258 e. The van der Waals surface area contributed by atoms with Gasteiger partial charge >= 0.3 is 0 Å². The Kier molecular flexibility index (Phi) is 12.5. The smallest absolute Gasteiger partial charge is 0.258 e. The average Bonchev–Trinajstić information content (AvgIpc) is 3.85. The molecule has 284 valence electrons. The Bertz CT molecular complexity index is 1670. The van der Waals surface area contributed by atoms with Gasteiger partial charge in [-0.15, -0.1) is 0 Å². The molecular formula is C40H58N6O6. The van der Waals surface area contributed by atoms with Crippen LogP contribution in [-0.2, 0) is 22.7 Å². The van der Waals surface area contributed by atoms with E-state index in [2.05, 4.69) is 23.6 Å². The summed E-state index contributed by atoms with van der Waals surface area (Å²) in [5.41, 5.74) is 3.32. The lowest BCUT2D eigenvalue weighted by Gasteiger charge is -2.32. The zero-order valence-corrected chi connectivity index (χ0v) is 32.1. The van der Waals surface area contributed by atoms with Crippen LogP contribution in [0.2, 0.25) is 0 Å². The first-order valence-corrected chi connectivity index (χ1v) is 18.8. The number of rotatable bonds is 10. The number of carbonyl (C=O) groups is 2. The van der Waals surface area contributed by atoms with Crippen LogP contribution < -0.4 is 11.1 Å². The summed E-state index contributed by atoms with van der Waals surface area (Å²) in [7, 11) is 7.04. The Morgan fingerprint density at radius 3 is 1.35 bits per heavy atom. The number of allylic oxidation sites excluding steroid dienone is 2. The highest BCUT2D eigenvalue weighted by Crippen LogP contribution is 2.50. The number of nitrogens with zero attached hydrogens (tertiary/aromatic N) is 6. The number of hydrogen-bond acceptors (Lipinski definition) is 8. The summed E-state index contributed by atoms with van der Waals surface area (Å²) in [6.45, 7) is 10.6. The summed E-state index contributed by atoms with van der Waals surface area (Å²) in [5.74, 6) is -0.0995. The van der Waals surface area contributed by atoms with Gasteiger partial charge in [0.05, 0.1) is 24.2 Å². The number of carbonyl (C=O) groups excluding carboxylic acids is 2. The van der Waals surface area contributed by atoms with Gasteiger partial charge in [0.15, 0.2) is 0 Å². The molecule has 2 saturated heterocycles. The normalized spacial score (nSPS) is 27.7. The van der Waals surface area contributed by atoms with E-state index in [1.165, 1.54) is 0 Å². The maximum absolute atomic E-state index is 12.8. The Hall–Kier alpha value is -3.84. The zero-order valence-electron chi connectivity index (χ0n) is 32.1. The van der Waals surface area contributed by atoms with E-state index < -0.39 is 0 Å². The van der Waals surface area contributed by atoms with Crippen molar-refractivity contribution < 1.29 is 19.8 Å². The predicted molar refractivity (Wildman–Crippen MR) is 203 cm³/mol. The number of aliphatic hydroxyl groups excluding tert-OH is 2. The van der Waals surface area contributed by atoms with Crippen LogP contribution in [0.3, 0.4) is 0 Å². The van der Waals surface area contributed by atoms with Gasteiger partial charge in [0, 0.05) is 101 Å². The maximum atomic E-state index is 12.8. The number of aromatic nitrogens is 2. The molecule has 8 atom stereocenters. The molecule has 0 unspecified atom stereocenters. The minimum atomic E-state index is -0.330. The second-order valence-corrected chi connectivity index (χ2v) is 15.0. The molecule has 0 bridgehead atoms. The molecule has 0 aliphatic carbocycles. The van der Waals surface area contributed by atoms with Crippen LogP contribution in [0, 0.1) is 23.7 Å². The van der Waals surface area contributed by atoms with Crippen molar-refractivity contribution in [3.63, 3.8) is 0 Å². The molecule has 0 saturated carbocycles. The van der Waals surface area contributed by atoms with Gasteiger partial charge in [-0.3, -0.25) is 29.0 Å². The standard InChI is InChI=1S/2C20H29N3O3/c2*1-5-7-13-8-9-16-17-14(11-23(16)19(13)25)15(12-24)18(20(26)21(3)4)22(17)10-6-2/h2*5,7-9,14-15,17-18,24H,6,10-12H2,1-4H3/b7-5+;7-5-/t2*14-,15-,17+,18-/m11/s1. The van der Waals surface area contributed by atoms with Crippen molar-refractivity contribution in [2.75, 3.05) is 54.5 Å². The highest BCUT2D eigenvalue weighted by Gasteiger charge is 2.56. The number of likely N-dealkylation sites (N-methyl/N-ethyl adjacent to an activating group) is 2. The average molecular weight is 719 g/mol. The molecular weight excluding hydrogens is 660 g/mol. The minimum absolute atomic E-state index is 0.00774. The summed E-state index contributed by atoms with van der Waals surface area (Å²) in [4.78, 5) is 59.0. The van der Waals surface area contributed by atoms with E-state index in [1.807, 2.05) is 71.6 Å². The number of fused-ring (bicyclic) bond motifs is 6. The van der Waals surface area contributed by atoms with E-state index in [9.17, 15) is 29.4 Å². The van der Waals surface area contributed by atoms with E-state index in [0.29, 0.717) is 24.2 Å². The number of likely N-dealkylation sites (tertiary alicyclic amines) is 2. The van der Waals surface area contributed by atoms with Crippen LogP contribution in [0.15, 0.2) is 46.0 Å². The van der Waals surface area contributed by atoms with Gasteiger partial charge in [-0.05, 0) is 64.0 Å². The quantitative estimate of drug-likeness (QED) is 0.384. The van der Waals surface area contributed by atoms with Gasteiger partial charge in [0.25, 0.3) is 11.1 Å². The highest BCUT2D eigenvalue weighted by atomic mass is 16.3. The van der Waals surface area contributed by atoms with Crippen molar-refractivity contribution in [1.29, 1.82) is 0 Å². The third-order valence-corrected chi connectivity index (χ3v) is 11.5. The van der Waals surface area contributed by atoms with Gasteiger partial charge in [-0.1, -0.05) is 38.2 Å². The van der Waals surface area contributed by atoms with Crippen LogP contribution in [-0.4, -0.2) is 117 Å². The van der Waals surface area contributed by atoms with Gasteiger partial charge in [-0.25, -0.2) is 0 Å². The van der Waals surface area contributed by atoms with Crippen LogP contribution in [0.1, 0.15) is 75.1 Å². The van der Waals surface area contributed by atoms with Gasteiger partial charge < -0.3 is 29.1 Å². The molecule has 4 aliphatic heterocycles. The fourth-order valence-corrected chi connectivity index (χ4v) is 9.38. The Labute approximate surface area is 307 Å². The molecule has 0 aromatic carbocycles. The number of aliphatic hydroxyl groups is 2. The van der Waals surface area contributed by atoms with Crippen molar-refractivity contribution >= 4 is 24.0 Å². The molecule has 2 N–H and O–H groups in total. The summed E-state index contributed by atoms with van der Waals surface area (Å²) < 4.78 is 3.68. The molecule has 2 amide bonds. The molecule has 4 aliphatic rings. The lowest BCUT2D eigenvalue weighted by Crippen LogP contribution is -2.48. The number of pyridine rings is 2. The van der Waals surface area contributed by atoms with Crippen LogP contribution in [0.25, 0.3) is 12.2 Å². The van der Waals surface area contributed by atoms with E-state index in [4.69, 9.17) is 0 Å². The molecule has 12 heteroatoms. The number of amides is 2. The molecule has 2 aromatic rings. The Balaban J connectivity index is 0.000000201. The summed E-state index contributed by atoms with van der Waals surface area (Å²) in [6, 6.07) is 7.13. The summed E-state index contributed by atoms with van der Waals surface area (Å²) in [5, 5.41) is 20.2. The fourth-order valence-electron chi connectivity index (χ4n) is 9.38. The van der Waals surface area contributed by atoms with Crippen LogP contribution in [0.5, 0.6) is 0 Å². The molecule has 6 rings (SSSR count). The lowest BCUT2D eigenvalue weighted by atomic mass is 9.88. The van der Waals surface area contributed by atoms with Crippen molar-refractivity contribution in [3.05, 3.63) is 79.6 Å². The Morgan fingerprint density at radius 1 is 0.692 bits per heavy atom. The van der Waals surface area contributed by atoms with Crippen LogP contribution >= 0.6 is 0 Å². The topological polar surface area (TPSA) is 132 Å². The predicted octanol–water partition coefficient (Wildman–Crippen LogP) is 2.69. The van der Waals surface area contributed by atoms with Crippen molar-refractivity contribution in [2.24, 2.45) is 23.7 Å². The molecule has 0 spiro atoms. The van der Waals surface area contributed by atoms with E-state index >= 15 is 0 Å². The van der Waals surface area contributed by atoms with E-state index in [0.717, 1.165) is 37.3 Å². The largest absolute Gasteiger partial charge is 0.396 e. The second kappa shape index (κ2) is 16.4. The lowest BCUT2D eigenvalue weighted by molar-refractivity contribution is -0.136. The van der Waals surface area contributed by atoms with Gasteiger partial charge in [0.1, 0.15) is 0 Å². The molecule has 2 fully saturated rings. The fraction of sp³-hybridized carbons (Fsp3) is 0.600. The first-order chi connectivity index (χ1) is 24.9. The van der Waals surface area contributed by atoms with Crippen molar-refractivity contribution in [2.45, 2.75) is 77.8 Å². The monoisotopic (exact) mass is 718 g/mol. The SMILES string of the molecule is C/C=C/c1ccc2n(c1=O)C[C@@H]1[C@@H](CO)[C@H](C(=O)N(C)C)N(CCC)[C@H]21.C/C=C\c1ccc2n(c1=O)C[C@@H]1[C@@H](CO)[C@H](C(=O)N(C)C)N(CCC)[C@H]21. The van der Waals surface area contributed by atoms with Gasteiger partial charge in [0.2, 0.25) is 11.8 Å². The third-order valence-electron chi connectivity index (χ3n) is 11.5. The minimum Gasteiger partial charge on any atom is -0.396 e. The van der Waals surface area contributed by atoms with Crippen LogP contribution in [0.4, 0.5) is 0 Å². The molecule has 12 nitrogen and oxygen atoms in total. The Morgan fingerprint density at radius 2 is 1.06 bits per heavy atom. The van der Waals surface area contributed by atoms with Crippen molar-refractivity contribution in [3.8, 4) is 0 Å². The number of hydrogen-bond donors (Lipinski definition) is 2. The first kappa shape index (κ1) is 39.4. The van der Waals surface area contributed by atoms with Gasteiger partial charge in [-0.2, -0.15) is 0 Å². The molecule has 52 heavy (non-hydrogen) atoms. The third kappa shape index (κ3) is 6.74. The summed E-state index contributed by atoms with van der Waals surface area (Å²) in [6.07, 6.45) is 9.22. The zero-order chi connectivity index (χ0) is 38.0. The second-order valence-electron chi connectivity index (χ2n) is 15.0. The van der Waals surface area contributed by atoms with E-state index in [1.54, 1.807) is 38.0 Å². The molecule has 0 radical (unpaired) electrons. The van der Waals surface area contributed by atoms with Crippen molar-refractivity contribution in [1.82, 2.24) is 28.7 Å². The molecule has 2 aromatic heterocycles. The highest BCUT2D eigenvalue weighted by molar-refractivity contribution is 5.83. The van der Waals surface area contributed by atoms with E-state index in [-0.39, 0.29) is 84.0 Å².